The summed E-state index contributed by atoms with van der Waals surface area (Å²) in [6.45, 7) is 4.13. The van der Waals surface area contributed by atoms with E-state index in [-0.39, 0.29) is 10.7 Å². The van der Waals surface area contributed by atoms with Crippen LogP contribution < -0.4 is 0 Å². The smallest absolute Gasteiger partial charge is 0.284 e. The van der Waals surface area contributed by atoms with Crippen LogP contribution in [0, 0.1) is 6.92 Å². The zero-order chi connectivity index (χ0) is 20.7. The second-order valence-corrected chi connectivity index (χ2v) is 7.89. The standard InChI is InChI=1S/C23H22N2O3S/c1-3-28-23(20-12-8-5-9-13-20)24-22(19-10-6-4-7-11-19)25-29(26,27)21-16-14-18(2)15-17-21/h4-17H,3H2,1-2H3/b24-23?,25-22-. The maximum Gasteiger partial charge on any atom is 0.284 e. The molecule has 0 unspecified atom stereocenters. The van der Waals surface area contributed by atoms with E-state index in [0.717, 1.165) is 11.1 Å². The molecule has 0 heterocycles. The van der Waals surface area contributed by atoms with Gasteiger partial charge in [0.15, 0.2) is 5.84 Å². The van der Waals surface area contributed by atoms with Crippen LogP contribution in [-0.4, -0.2) is 26.8 Å². The van der Waals surface area contributed by atoms with Crippen molar-refractivity contribution in [2.24, 2.45) is 9.39 Å². The summed E-state index contributed by atoms with van der Waals surface area (Å²) in [6, 6.07) is 24.9. The fourth-order valence-corrected chi connectivity index (χ4v) is 3.55. The minimum Gasteiger partial charge on any atom is -0.477 e. The van der Waals surface area contributed by atoms with Crippen molar-refractivity contribution in [1.29, 1.82) is 0 Å². The number of aliphatic imine (C=N–C) groups is 1. The Hall–Kier alpha value is -3.25. The molecule has 0 aliphatic carbocycles. The normalized spacial score (nSPS) is 12.6. The van der Waals surface area contributed by atoms with E-state index >= 15 is 0 Å². The predicted octanol–water partition coefficient (Wildman–Crippen LogP) is 4.61. The zero-order valence-electron chi connectivity index (χ0n) is 16.3. The second kappa shape index (κ2) is 9.30. The summed E-state index contributed by atoms with van der Waals surface area (Å²) in [6.07, 6.45) is 0. The average molecular weight is 407 g/mol. The molecule has 5 nitrogen and oxygen atoms in total. The average Bonchev–Trinajstić information content (AvgIpc) is 2.74. The van der Waals surface area contributed by atoms with Crippen LogP contribution in [0.5, 0.6) is 0 Å². The summed E-state index contributed by atoms with van der Waals surface area (Å²) in [7, 11) is -3.94. The highest BCUT2D eigenvalue weighted by atomic mass is 32.2. The first-order valence-corrected chi connectivity index (χ1v) is 10.7. The van der Waals surface area contributed by atoms with Gasteiger partial charge in [-0.1, -0.05) is 66.2 Å². The van der Waals surface area contributed by atoms with E-state index in [9.17, 15) is 8.42 Å². The molecular weight excluding hydrogens is 384 g/mol. The Balaban J connectivity index is 2.14. The quantitative estimate of drug-likeness (QED) is 0.459. The number of aryl methyl sites for hydroxylation is 1. The lowest BCUT2D eigenvalue weighted by atomic mass is 10.2. The molecule has 3 aromatic rings. The molecule has 0 aliphatic rings. The molecule has 0 radical (unpaired) electrons. The van der Waals surface area contributed by atoms with Gasteiger partial charge >= 0.3 is 0 Å². The van der Waals surface area contributed by atoms with Crippen molar-refractivity contribution in [1.82, 2.24) is 0 Å². The molecule has 3 aromatic carbocycles. The van der Waals surface area contributed by atoms with Gasteiger partial charge in [0.1, 0.15) is 0 Å². The van der Waals surface area contributed by atoms with Crippen molar-refractivity contribution in [3.63, 3.8) is 0 Å². The van der Waals surface area contributed by atoms with Crippen LogP contribution in [0.3, 0.4) is 0 Å². The summed E-state index contributed by atoms with van der Waals surface area (Å²) >= 11 is 0. The Labute approximate surface area is 171 Å². The van der Waals surface area contributed by atoms with Crippen molar-refractivity contribution in [2.75, 3.05) is 6.61 Å². The van der Waals surface area contributed by atoms with Crippen LogP contribution in [0.25, 0.3) is 0 Å². The molecular formula is C23H22N2O3S. The number of nitrogens with zero attached hydrogens (tertiary/aromatic N) is 2. The van der Waals surface area contributed by atoms with Gasteiger partial charge in [0.25, 0.3) is 10.0 Å². The van der Waals surface area contributed by atoms with Crippen LogP contribution in [0.1, 0.15) is 23.6 Å². The van der Waals surface area contributed by atoms with E-state index in [1.54, 1.807) is 36.4 Å². The molecule has 148 valence electrons. The topological polar surface area (TPSA) is 68.1 Å². The van der Waals surface area contributed by atoms with Gasteiger partial charge in [0.2, 0.25) is 5.90 Å². The van der Waals surface area contributed by atoms with E-state index in [1.165, 1.54) is 0 Å². The first-order chi connectivity index (χ1) is 14.0. The van der Waals surface area contributed by atoms with Gasteiger partial charge in [-0.15, -0.1) is 4.40 Å². The highest BCUT2D eigenvalue weighted by Gasteiger charge is 2.17. The van der Waals surface area contributed by atoms with E-state index in [4.69, 9.17) is 4.74 Å². The number of rotatable bonds is 5. The Morgan fingerprint density at radius 3 is 1.93 bits per heavy atom. The van der Waals surface area contributed by atoms with Crippen LogP contribution in [-0.2, 0) is 14.8 Å². The third-order valence-corrected chi connectivity index (χ3v) is 5.35. The molecule has 6 heteroatoms. The van der Waals surface area contributed by atoms with Gasteiger partial charge in [-0.2, -0.15) is 13.4 Å². The van der Waals surface area contributed by atoms with E-state index in [0.29, 0.717) is 18.1 Å². The van der Waals surface area contributed by atoms with Crippen LogP contribution in [0.2, 0.25) is 0 Å². The largest absolute Gasteiger partial charge is 0.477 e. The minimum absolute atomic E-state index is 0.0680. The Kier molecular flexibility index (Phi) is 6.57. The molecule has 29 heavy (non-hydrogen) atoms. The van der Waals surface area contributed by atoms with Crippen molar-refractivity contribution >= 4 is 21.8 Å². The first kappa shape index (κ1) is 20.5. The maximum absolute atomic E-state index is 12.9. The Morgan fingerprint density at radius 2 is 1.38 bits per heavy atom. The SMILES string of the molecule is CCOC(=N/C(=N\S(=O)(=O)c1ccc(C)cc1)c1ccccc1)c1ccccc1. The summed E-state index contributed by atoms with van der Waals surface area (Å²) in [5.41, 5.74) is 2.29. The molecule has 0 bridgehead atoms. The van der Waals surface area contributed by atoms with Gasteiger partial charge in [0.05, 0.1) is 11.5 Å². The number of sulfonamides is 1. The summed E-state index contributed by atoms with van der Waals surface area (Å²) in [5.74, 6) is 0.383. The number of hydrogen-bond donors (Lipinski definition) is 0. The molecule has 0 N–H and O–H groups in total. The maximum atomic E-state index is 12.9. The van der Waals surface area contributed by atoms with E-state index < -0.39 is 10.0 Å². The molecule has 0 amide bonds. The lowest BCUT2D eigenvalue weighted by molar-refractivity contribution is 0.329. The van der Waals surface area contributed by atoms with Crippen molar-refractivity contribution < 1.29 is 13.2 Å². The van der Waals surface area contributed by atoms with Crippen molar-refractivity contribution in [3.8, 4) is 0 Å². The number of benzene rings is 3. The van der Waals surface area contributed by atoms with Crippen molar-refractivity contribution in [3.05, 3.63) is 102 Å². The Morgan fingerprint density at radius 1 is 0.828 bits per heavy atom. The predicted molar refractivity (Wildman–Crippen MR) is 116 cm³/mol. The second-order valence-electron chi connectivity index (χ2n) is 6.29. The first-order valence-electron chi connectivity index (χ1n) is 9.23. The summed E-state index contributed by atoms with van der Waals surface area (Å²) in [4.78, 5) is 4.61. The minimum atomic E-state index is -3.94. The van der Waals surface area contributed by atoms with Gasteiger partial charge in [0, 0.05) is 11.1 Å². The van der Waals surface area contributed by atoms with E-state index in [1.807, 2.05) is 62.4 Å². The molecule has 0 saturated heterocycles. The number of ether oxygens (including phenoxy) is 1. The number of hydrogen-bond acceptors (Lipinski definition) is 3. The molecule has 0 fully saturated rings. The van der Waals surface area contributed by atoms with Gasteiger partial charge in [-0.05, 0) is 38.1 Å². The fraction of sp³-hybridized carbons (Fsp3) is 0.130. The third kappa shape index (κ3) is 5.39. The molecule has 0 aromatic heterocycles. The number of amidine groups is 1. The van der Waals surface area contributed by atoms with Gasteiger partial charge < -0.3 is 4.74 Å². The highest BCUT2D eigenvalue weighted by Crippen LogP contribution is 2.16. The van der Waals surface area contributed by atoms with Gasteiger partial charge in [-0.25, -0.2) is 0 Å². The molecule has 3 rings (SSSR count). The lowest BCUT2D eigenvalue weighted by Gasteiger charge is -2.09. The zero-order valence-corrected chi connectivity index (χ0v) is 17.1. The highest BCUT2D eigenvalue weighted by molar-refractivity contribution is 7.90. The third-order valence-electron chi connectivity index (χ3n) is 4.07. The van der Waals surface area contributed by atoms with Crippen molar-refractivity contribution in [2.45, 2.75) is 18.7 Å². The molecule has 0 aliphatic heterocycles. The molecule has 0 atom stereocenters. The van der Waals surface area contributed by atoms with Crippen LogP contribution >= 0.6 is 0 Å². The lowest BCUT2D eigenvalue weighted by Crippen LogP contribution is -2.12. The molecule has 0 spiro atoms. The van der Waals surface area contributed by atoms with Gasteiger partial charge in [-0.3, -0.25) is 0 Å². The molecule has 0 saturated carbocycles. The fourth-order valence-electron chi connectivity index (χ4n) is 2.60. The van der Waals surface area contributed by atoms with E-state index in [2.05, 4.69) is 9.39 Å². The summed E-state index contributed by atoms with van der Waals surface area (Å²) in [5, 5.41) is 0. The van der Waals surface area contributed by atoms with Crippen LogP contribution in [0.15, 0.2) is 99.2 Å². The van der Waals surface area contributed by atoms with Crippen LogP contribution in [0.4, 0.5) is 0 Å². The Bertz CT molecular complexity index is 1110. The summed E-state index contributed by atoms with van der Waals surface area (Å²) < 4.78 is 35.5. The monoisotopic (exact) mass is 406 g/mol.